The molecular formula is C18H18N2S. The quantitative estimate of drug-likeness (QED) is 0.705. The number of nitrogens with two attached hydrogens (primary N) is 1. The Bertz CT molecular complexity index is 785. The maximum Gasteiger partial charge on any atom is 0.114 e. The number of aromatic nitrogens is 1. The highest BCUT2D eigenvalue weighted by molar-refractivity contribution is 7.16. The van der Waals surface area contributed by atoms with Crippen LogP contribution in [0, 0.1) is 0 Å². The summed E-state index contributed by atoms with van der Waals surface area (Å²) in [6.45, 7) is 0. The monoisotopic (exact) mass is 294 g/mol. The largest absolute Gasteiger partial charge is 0.389 e. The molecule has 0 saturated heterocycles. The zero-order valence-corrected chi connectivity index (χ0v) is 12.7. The molecule has 3 heteroatoms. The summed E-state index contributed by atoms with van der Waals surface area (Å²) in [5.74, 6) is 0.631. The second kappa shape index (κ2) is 5.15. The number of benzene rings is 2. The molecule has 3 aromatic rings. The highest BCUT2D eigenvalue weighted by Crippen LogP contribution is 2.40. The lowest BCUT2D eigenvalue weighted by Crippen LogP contribution is -1.91. The third kappa shape index (κ3) is 2.32. The van der Waals surface area contributed by atoms with Crippen LogP contribution in [0.1, 0.15) is 36.6 Å². The summed E-state index contributed by atoms with van der Waals surface area (Å²) in [6.07, 6.45) is 5.19. The van der Waals surface area contributed by atoms with Crippen molar-refractivity contribution in [3.63, 3.8) is 0 Å². The van der Waals surface area contributed by atoms with E-state index in [1.165, 1.54) is 41.5 Å². The summed E-state index contributed by atoms with van der Waals surface area (Å²) in [6, 6.07) is 14.9. The number of hydrogen-bond acceptors (Lipinski definition) is 3. The predicted molar refractivity (Wildman–Crippen MR) is 90.7 cm³/mol. The van der Waals surface area contributed by atoms with Gasteiger partial charge in [-0.3, -0.25) is 0 Å². The van der Waals surface area contributed by atoms with Gasteiger partial charge in [0.15, 0.2) is 0 Å². The van der Waals surface area contributed by atoms with Gasteiger partial charge in [-0.15, -0.1) is 11.3 Å². The van der Waals surface area contributed by atoms with Gasteiger partial charge in [0.2, 0.25) is 0 Å². The maximum absolute atomic E-state index is 6.24. The van der Waals surface area contributed by atoms with Crippen molar-refractivity contribution >= 4 is 27.1 Å². The molecule has 0 unspecified atom stereocenters. The standard InChI is InChI=1S/C18H18N2S/c19-17-16(20-18(21-17)13-6-2-3-7-13)15-10-9-12-5-1-4-8-14(12)11-15/h1,4-5,8-11,13H,2-3,6-7,19H2. The predicted octanol–water partition coefficient (Wildman–Crippen LogP) is 5.20. The molecule has 1 aromatic heterocycles. The molecule has 0 spiro atoms. The topological polar surface area (TPSA) is 38.9 Å². The molecule has 1 fully saturated rings. The minimum atomic E-state index is 0.631. The van der Waals surface area contributed by atoms with Gasteiger partial charge in [-0.25, -0.2) is 4.98 Å². The lowest BCUT2D eigenvalue weighted by atomic mass is 10.1. The third-order valence-electron chi connectivity index (χ3n) is 4.40. The van der Waals surface area contributed by atoms with E-state index in [0.29, 0.717) is 5.92 Å². The molecular weight excluding hydrogens is 276 g/mol. The van der Waals surface area contributed by atoms with E-state index in [4.69, 9.17) is 10.7 Å². The van der Waals surface area contributed by atoms with Crippen LogP contribution >= 0.6 is 11.3 Å². The average Bonchev–Trinajstić information content (AvgIpc) is 3.16. The lowest BCUT2D eigenvalue weighted by molar-refractivity contribution is 0.717. The van der Waals surface area contributed by atoms with Crippen molar-refractivity contribution in [1.29, 1.82) is 0 Å². The smallest absolute Gasteiger partial charge is 0.114 e. The Balaban J connectivity index is 1.77. The van der Waals surface area contributed by atoms with Crippen LogP contribution in [-0.4, -0.2) is 4.98 Å². The van der Waals surface area contributed by atoms with E-state index >= 15 is 0 Å². The van der Waals surface area contributed by atoms with Crippen LogP contribution in [0.5, 0.6) is 0 Å². The number of fused-ring (bicyclic) bond motifs is 1. The lowest BCUT2D eigenvalue weighted by Gasteiger charge is -2.03. The average molecular weight is 294 g/mol. The van der Waals surface area contributed by atoms with Gasteiger partial charge in [0.1, 0.15) is 10.7 Å². The summed E-state index contributed by atoms with van der Waals surface area (Å²) >= 11 is 1.68. The van der Waals surface area contributed by atoms with Gasteiger partial charge >= 0.3 is 0 Å². The number of nitrogen functional groups attached to an aromatic ring is 1. The summed E-state index contributed by atoms with van der Waals surface area (Å²) in [5.41, 5.74) is 8.34. The second-order valence-electron chi connectivity index (χ2n) is 5.81. The highest BCUT2D eigenvalue weighted by Gasteiger charge is 2.22. The number of hydrogen-bond donors (Lipinski definition) is 1. The van der Waals surface area contributed by atoms with Crippen LogP contribution in [-0.2, 0) is 0 Å². The molecule has 1 aliphatic carbocycles. The second-order valence-corrected chi connectivity index (χ2v) is 6.87. The molecule has 1 heterocycles. The van der Waals surface area contributed by atoms with Gasteiger partial charge in [0.25, 0.3) is 0 Å². The van der Waals surface area contributed by atoms with Gasteiger partial charge in [-0.2, -0.15) is 0 Å². The van der Waals surface area contributed by atoms with Crippen molar-refractivity contribution in [2.75, 3.05) is 5.73 Å². The first-order chi connectivity index (χ1) is 10.3. The zero-order chi connectivity index (χ0) is 14.2. The highest BCUT2D eigenvalue weighted by atomic mass is 32.1. The minimum absolute atomic E-state index is 0.631. The van der Waals surface area contributed by atoms with E-state index in [-0.39, 0.29) is 0 Å². The van der Waals surface area contributed by atoms with Gasteiger partial charge in [0.05, 0.1) is 5.01 Å². The Morgan fingerprint density at radius 3 is 2.57 bits per heavy atom. The molecule has 0 radical (unpaired) electrons. The van der Waals surface area contributed by atoms with Gasteiger partial charge < -0.3 is 5.73 Å². The van der Waals surface area contributed by atoms with E-state index in [1.54, 1.807) is 11.3 Å². The molecule has 1 saturated carbocycles. The number of anilines is 1. The first-order valence-corrected chi connectivity index (χ1v) is 8.38. The van der Waals surface area contributed by atoms with E-state index in [1.807, 2.05) is 0 Å². The van der Waals surface area contributed by atoms with Crippen LogP contribution in [0.25, 0.3) is 22.0 Å². The van der Waals surface area contributed by atoms with Crippen molar-refractivity contribution in [2.45, 2.75) is 31.6 Å². The van der Waals surface area contributed by atoms with Crippen LogP contribution < -0.4 is 5.73 Å². The normalized spacial score (nSPS) is 15.8. The molecule has 0 bridgehead atoms. The molecule has 4 rings (SSSR count). The minimum Gasteiger partial charge on any atom is -0.389 e. The SMILES string of the molecule is Nc1sc(C2CCCC2)nc1-c1ccc2ccccc2c1. The molecule has 106 valence electrons. The van der Waals surface area contributed by atoms with Crippen molar-refractivity contribution < 1.29 is 0 Å². The number of rotatable bonds is 2. The molecule has 0 atom stereocenters. The molecule has 2 aromatic carbocycles. The summed E-state index contributed by atoms with van der Waals surface area (Å²) in [4.78, 5) is 4.86. The fourth-order valence-corrected chi connectivity index (χ4v) is 4.26. The van der Waals surface area contributed by atoms with Crippen LogP contribution in [0.4, 0.5) is 5.00 Å². The fraction of sp³-hybridized carbons (Fsp3) is 0.278. The summed E-state index contributed by atoms with van der Waals surface area (Å²) < 4.78 is 0. The third-order valence-corrected chi connectivity index (χ3v) is 5.44. The van der Waals surface area contributed by atoms with Crippen molar-refractivity contribution in [1.82, 2.24) is 4.98 Å². The Hall–Kier alpha value is -1.87. The van der Waals surface area contributed by atoms with E-state index in [0.717, 1.165) is 16.3 Å². The fourth-order valence-electron chi connectivity index (χ4n) is 3.24. The maximum atomic E-state index is 6.24. The zero-order valence-electron chi connectivity index (χ0n) is 11.9. The first-order valence-electron chi connectivity index (χ1n) is 7.56. The van der Waals surface area contributed by atoms with Gasteiger partial charge in [0, 0.05) is 11.5 Å². The molecule has 21 heavy (non-hydrogen) atoms. The van der Waals surface area contributed by atoms with E-state index in [9.17, 15) is 0 Å². The van der Waals surface area contributed by atoms with Crippen molar-refractivity contribution in [3.8, 4) is 11.3 Å². The van der Waals surface area contributed by atoms with Crippen molar-refractivity contribution in [2.24, 2.45) is 0 Å². The Morgan fingerprint density at radius 2 is 1.76 bits per heavy atom. The molecule has 2 N–H and O–H groups in total. The molecule has 1 aliphatic rings. The Morgan fingerprint density at radius 1 is 1.00 bits per heavy atom. The summed E-state index contributed by atoms with van der Waals surface area (Å²) in [5, 5.41) is 4.58. The first kappa shape index (κ1) is 12.8. The van der Waals surface area contributed by atoms with Crippen molar-refractivity contribution in [3.05, 3.63) is 47.5 Å². The Kier molecular flexibility index (Phi) is 3.15. The molecule has 0 amide bonds. The molecule has 0 aliphatic heterocycles. The molecule has 2 nitrogen and oxygen atoms in total. The van der Waals surface area contributed by atoms with Gasteiger partial charge in [-0.05, 0) is 29.7 Å². The summed E-state index contributed by atoms with van der Waals surface area (Å²) in [7, 11) is 0. The Labute approximate surface area is 128 Å². The van der Waals surface area contributed by atoms with Gasteiger partial charge in [-0.1, -0.05) is 49.2 Å². The number of nitrogens with zero attached hydrogens (tertiary/aromatic N) is 1. The van der Waals surface area contributed by atoms with Crippen LogP contribution in [0.15, 0.2) is 42.5 Å². The van der Waals surface area contributed by atoms with E-state index < -0.39 is 0 Å². The van der Waals surface area contributed by atoms with E-state index in [2.05, 4.69) is 42.5 Å². The van der Waals surface area contributed by atoms with Crippen LogP contribution in [0.2, 0.25) is 0 Å². The van der Waals surface area contributed by atoms with Crippen LogP contribution in [0.3, 0.4) is 0 Å². The number of thiazole rings is 1.